The summed E-state index contributed by atoms with van der Waals surface area (Å²) < 4.78 is 0. The highest BCUT2D eigenvalue weighted by Gasteiger charge is 2.16. The van der Waals surface area contributed by atoms with E-state index < -0.39 is 0 Å². The van der Waals surface area contributed by atoms with E-state index in [0.717, 1.165) is 24.6 Å². The average molecular weight is 400 g/mol. The van der Waals surface area contributed by atoms with Gasteiger partial charge >= 0.3 is 0 Å². The third-order valence-electron chi connectivity index (χ3n) is 5.08. The molecule has 2 N–H and O–H groups in total. The zero-order valence-corrected chi connectivity index (χ0v) is 17.1. The van der Waals surface area contributed by atoms with Gasteiger partial charge in [-0.05, 0) is 67.6 Å². The molecule has 5 nitrogen and oxygen atoms in total. The lowest BCUT2D eigenvalue weighted by Crippen LogP contribution is -2.32. The zero-order chi connectivity index (χ0) is 20.1. The van der Waals surface area contributed by atoms with Gasteiger partial charge in [-0.3, -0.25) is 9.59 Å². The van der Waals surface area contributed by atoms with E-state index in [1.807, 2.05) is 37.3 Å². The van der Waals surface area contributed by atoms with Crippen LogP contribution in [-0.4, -0.2) is 24.9 Å². The number of anilines is 3. The molecule has 0 aromatic heterocycles. The maximum absolute atomic E-state index is 12.1. The van der Waals surface area contributed by atoms with Gasteiger partial charge in [0.25, 0.3) is 0 Å². The average Bonchev–Trinajstić information content (AvgIpc) is 2.66. The fraction of sp³-hybridized carbons (Fsp3) is 0.364. The molecule has 0 aliphatic carbocycles. The highest BCUT2D eigenvalue weighted by molar-refractivity contribution is 6.31. The van der Waals surface area contributed by atoms with Crippen molar-refractivity contribution in [2.24, 2.45) is 5.92 Å². The Balaban J connectivity index is 1.50. The molecular weight excluding hydrogens is 374 g/mol. The molecule has 2 aromatic rings. The van der Waals surface area contributed by atoms with Crippen LogP contribution in [0.5, 0.6) is 0 Å². The molecule has 1 aliphatic rings. The third kappa shape index (κ3) is 5.49. The first-order valence-corrected chi connectivity index (χ1v) is 9.99. The maximum atomic E-state index is 12.1. The van der Waals surface area contributed by atoms with Crippen LogP contribution in [-0.2, 0) is 9.59 Å². The Kier molecular flexibility index (Phi) is 6.57. The summed E-state index contributed by atoms with van der Waals surface area (Å²) in [5.74, 6) is 0.0589. The molecule has 0 spiro atoms. The van der Waals surface area contributed by atoms with E-state index in [2.05, 4.69) is 22.5 Å². The van der Waals surface area contributed by atoms with Gasteiger partial charge in [-0.25, -0.2) is 0 Å². The molecule has 3 rings (SSSR count). The van der Waals surface area contributed by atoms with Gasteiger partial charge in [0.1, 0.15) is 6.42 Å². The van der Waals surface area contributed by atoms with Crippen molar-refractivity contribution in [3.8, 4) is 0 Å². The predicted octanol–water partition coefficient (Wildman–Crippen LogP) is 4.85. The number of rotatable bonds is 5. The van der Waals surface area contributed by atoms with Gasteiger partial charge < -0.3 is 15.5 Å². The van der Waals surface area contributed by atoms with Crippen LogP contribution in [0.1, 0.15) is 31.7 Å². The van der Waals surface area contributed by atoms with Crippen molar-refractivity contribution in [1.29, 1.82) is 0 Å². The van der Waals surface area contributed by atoms with Gasteiger partial charge in [0, 0.05) is 35.2 Å². The monoisotopic (exact) mass is 399 g/mol. The summed E-state index contributed by atoms with van der Waals surface area (Å²) >= 11 is 6.05. The number of halogens is 1. The molecule has 1 fully saturated rings. The number of aryl methyl sites for hydroxylation is 1. The Morgan fingerprint density at radius 2 is 1.57 bits per heavy atom. The summed E-state index contributed by atoms with van der Waals surface area (Å²) in [4.78, 5) is 26.6. The number of nitrogens with zero attached hydrogens (tertiary/aromatic N) is 1. The summed E-state index contributed by atoms with van der Waals surface area (Å²) in [7, 11) is 0. The normalized spacial score (nSPS) is 14.6. The van der Waals surface area contributed by atoms with E-state index in [0.29, 0.717) is 16.4 Å². The van der Waals surface area contributed by atoms with E-state index in [4.69, 9.17) is 11.6 Å². The summed E-state index contributed by atoms with van der Waals surface area (Å²) in [5.41, 5.74) is 3.36. The number of piperidine rings is 1. The van der Waals surface area contributed by atoms with E-state index in [9.17, 15) is 9.59 Å². The first kappa shape index (κ1) is 20.2. The van der Waals surface area contributed by atoms with E-state index in [1.165, 1.54) is 18.5 Å². The van der Waals surface area contributed by atoms with Crippen molar-refractivity contribution in [2.45, 2.75) is 33.1 Å². The Hall–Kier alpha value is -2.53. The first-order chi connectivity index (χ1) is 13.4. The molecule has 0 unspecified atom stereocenters. The lowest BCUT2D eigenvalue weighted by molar-refractivity contribution is -0.123. The standard InChI is InChI=1S/C22H26ClN3O2/c1-15-9-11-26(12-10-15)19-7-5-17(6-8-19)24-21(27)14-22(28)25-18-4-3-16(2)20(23)13-18/h3-8,13,15H,9-12,14H2,1-2H3,(H,24,27)(H,25,28). The summed E-state index contributed by atoms with van der Waals surface area (Å²) in [5, 5.41) is 6.04. The molecule has 2 amide bonds. The van der Waals surface area contributed by atoms with Crippen LogP contribution in [0.3, 0.4) is 0 Å². The number of hydrogen-bond donors (Lipinski definition) is 2. The van der Waals surface area contributed by atoms with Gasteiger partial charge in [-0.2, -0.15) is 0 Å². The number of benzene rings is 2. The molecule has 2 aromatic carbocycles. The van der Waals surface area contributed by atoms with Gasteiger partial charge in [-0.1, -0.05) is 24.6 Å². The predicted molar refractivity (Wildman–Crippen MR) is 115 cm³/mol. The van der Waals surface area contributed by atoms with E-state index in [1.54, 1.807) is 12.1 Å². The van der Waals surface area contributed by atoms with Crippen molar-refractivity contribution in [3.63, 3.8) is 0 Å². The van der Waals surface area contributed by atoms with Crippen molar-refractivity contribution in [2.75, 3.05) is 28.6 Å². The third-order valence-corrected chi connectivity index (χ3v) is 5.48. The van der Waals surface area contributed by atoms with Crippen molar-refractivity contribution in [3.05, 3.63) is 53.1 Å². The molecule has 0 bridgehead atoms. The van der Waals surface area contributed by atoms with Crippen LogP contribution >= 0.6 is 11.6 Å². The second kappa shape index (κ2) is 9.11. The maximum Gasteiger partial charge on any atom is 0.233 e. The van der Waals surface area contributed by atoms with Crippen LogP contribution in [0, 0.1) is 12.8 Å². The Morgan fingerprint density at radius 3 is 2.18 bits per heavy atom. The van der Waals surface area contributed by atoms with Crippen LogP contribution in [0.2, 0.25) is 5.02 Å². The Morgan fingerprint density at radius 1 is 1.00 bits per heavy atom. The highest BCUT2D eigenvalue weighted by atomic mass is 35.5. The van der Waals surface area contributed by atoms with Gasteiger partial charge in [0.15, 0.2) is 0 Å². The van der Waals surface area contributed by atoms with E-state index >= 15 is 0 Å². The Labute approximate surface area is 171 Å². The lowest BCUT2D eigenvalue weighted by Gasteiger charge is -2.32. The number of carbonyl (C=O) groups is 2. The minimum Gasteiger partial charge on any atom is -0.372 e. The second-order valence-electron chi connectivity index (χ2n) is 7.45. The molecule has 0 radical (unpaired) electrons. The molecular formula is C22H26ClN3O2. The van der Waals surface area contributed by atoms with Crippen LogP contribution < -0.4 is 15.5 Å². The van der Waals surface area contributed by atoms with Gasteiger partial charge in [0.2, 0.25) is 11.8 Å². The zero-order valence-electron chi connectivity index (χ0n) is 16.3. The smallest absolute Gasteiger partial charge is 0.233 e. The topological polar surface area (TPSA) is 61.4 Å². The second-order valence-corrected chi connectivity index (χ2v) is 7.86. The van der Waals surface area contributed by atoms with Gasteiger partial charge in [-0.15, -0.1) is 0 Å². The van der Waals surface area contributed by atoms with Crippen molar-refractivity contribution >= 4 is 40.5 Å². The fourth-order valence-electron chi connectivity index (χ4n) is 3.25. The number of carbonyl (C=O) groups excluding carboxylic acids is 2. The first-order valence-electron chi connectivity index (χ1n) is 9.61. The molecule has 1 saturated heterocycles. The summed E-state index contributed by atoms with van der Waals surface area (Å²) in [6.45, 7) is 6.31. The highest BCUT2D eigenvalue weighted by Crippen LogP contribution is 2.24. The molecule has 6 heteroatoms. The number of hydrogen-bond acceptors (Lipinski definition) is 3. The molecule has 0 atom stereocenters. The SMILES string of the molecule is Cc1ccc(NC(=O)CC(=O)Nc2ccc(N3CCC(C)CC3)cc2)cc1Cl. The molecule has 1 heterocycles. The van der Waals surface area contributed by atoms with Crippen LogP contribution in [0.4, 0.5) is 17.1 Å². The molecule has 28 heavy (non-hydrogen) atoms. The molecule has 148 valence electrons. The van der Waals surface area contributed by atoms with E-state index in [-0.39, 0.29) is 18.2 Å². The number of amides is 2. The van der Waals surface area contributed by atoms with Crippen LogP contribution in [0.15, 0.2) is 42.5 Å². The largest absolute Gasteiger partial charge is 0.372 e. The summed E-state index contributed by atoms with van der Waals surface area (Å²) in [6.07, 6.45) is 2.16. The number of nitrogens with one attached hydrogen (secondary N) is 2. The fourth-order valence-corrected chi connectivity index (χ4v) is 3.43. The molecule has 1 aliphatic heterocycles. The van der Waals surface area contributed by atoms with Crippen molar-refractivity contribution in [1.82, 2.24) is 0 Å². The van der Waals surface area contributed by atoms with Crippen molar-refractivity contribution < 1.29 is 9.59 Å². The quantitative estimate of drug-likeness (QED) is 0.706. The summed E-state index contributed by atoms with van der Waals surface area (Å²) in [6, 6.07) is 13.0. The minimum atomic E-state index is -0.378. The van der Waals surface area contributed by atoms with Crippen LogP contribution in [0.25, 0.3) is 0 Å². The molecule has 0 saturated carbocycles. The minimum absolute atomic E-state index is 0.253. The Bertz CT molecular complexity index is 843. The van der Waals surface area contributed by atoms with Gasteiger partial charge in [0.05, 0.1) is 0 Å². The lowest BCUT2D eigenvalue weighted by atomic mass is 9.99.